The lowest BCUT2D eigenvalue weighted by molar-refractivity contribution is 0.361. The van der Waals surface area contributed by atoms with Crippen LogP contribution in [0.25, 0.3) is 10.9 Å². The Morgan fingerprint density at radius 3 is 2.72 bits per heavy atom. The van der Waals surface area contributed by atoms with E-state index < -0.39 is 0 Å². The highest BCUT2D eigenvalue weighted by Gasteiger charge is 2.18. The summed E-state index contributed by atoms with van der Waals surface area (Å²) in [5.41, 5.74) is 2.09. The number of hydrogen-bond donors (Lipinski definition) is 1. The molecule has 0 bridgehead atoms. The third-order valence-corrected chi connectivity index (χ3v) is 3.92. The van der Waals surface area contributed by atoms with Crippen LogP contribution in [0.4, 0.5) is 5.69 Å². The van der Waals surface area contributed by atoms with Crippen LogP contribution >= 0.6 is 0 Å². The van der Waals surface area contributed by atoms with Gasteiger partial charge in [0, 0.05) is 11.4 Å². The predicted molar refractivity (Wildman–Crippen MR) is 74.6 cm³/mol. The molecule has 1 aromatic carbocycles. The van der Waals surface area contributed by atoms with E-state index in [1.54, 1.807) is 0 Å². The van der Waals surface area contributed by atoms with Crippen molar-refractivity contribution in [3.63, 3.8) is 0 Å². The Morgan fingerprint density at radius 1 is 1.11 bits per heavy atom. The Balaban J connectivity index is 1.82. The molecular weight excluding hydrogens is 222 g/mol. The van der Waals surface area contributed by atoms with Crippen molar-refractivity contribution in [3.05, 3.63) is 30.5 Å². The maximum atomic E-state index is 4.16. The average Bonchev–Trinajstić information content (AvgIpc) is 2.42. The Morgan fingerprint density at radius 2 is 1.89 bits per heavy atom. The van der Waals surface area contributed by atoms with Gasteiger partial charge in [-0.05, 0) is 37.7 Å². The fourth-order valence-corrected chi connectivity index (χ4v) is 2.75. The first-order valence-electron chi connectivity index (χ1n) is 6.80. The van der Waals surface area contributed by atoms with E-state index >= 15 is 0 Å². The van der Waals surface area contributed by atoms with Gasteiger partial charge in [0.25, 0.3) is 0 Å². The van der Waals surface area contributed by atoms with Crippen LogP contribution in [0.1, 0.15) is 32.6 Å². The van der Waals surface area contributed by atoms with Crippen molar-refractivity contribution in [2.45, 2.75) is 38.6 Å². The van der Waals surface area contributed by atoms with Crippen molar-refractivity contribution in [2.75, 3.05) is 5.32 Å². The second-order valence-electron chi connectivity index (χ2n) is 5.38. The van der Waals surface area contributed by atoms with Gasteiger partial charge in [-0.15, -0.1) is 0 Å². The van der Waals surface area contributed by atoms with Crippen LogP contribution in [0, 0.1) is 5.92 Å². The fraction of sp³-hybridized carbons (Fsp3) is 0.467. The van der Waals surface area contributed by atoms with Gasteiger partial charge in [0.2, 0.25) is 0 Å². The largest absolute Gasteiger partial charge is 0.380 e. The van der Waals surface area contributed by atoms with Crippen molar-refractivity contribution in [1.29, 1.82) is 0 Å². The van der Waals surface area contributed by atoms with Gasteiger partial charge in [-0.1, -0.05) is 25.1 Å². The molecular formula is C15H19N3. The third kappa shape index (κ3) is 2.30. The number of fused-ring (bicyclic) bond motifs is 1. The van der Waals surface area contributed by atoms with E-state index in [4.69, 9.17) is 0 Å². The van der Waals surface area contributed by atoms with Crippen molar-refractivity contribution in [2.24, 2.45) is 5.92 Å². The van der Waals surface area contributed by atoms with E-state index in [9.17, 15) is 0 Å². The Bertz CT molecular complexity index is 525. The highest BCUT2D eigenvalue weighted by Crippen LogP contribution is 2.28. The SMILES string of the molecule is CC1CCC(Nc2cnnc3ccccc23)CC1. The number of anilines is 1. The number of benzene rings is 1. The molecule has 3 heteroatoms. The maximum Gasteiger partial charge on any atom is 0.0950 e. The molecule has 18 heavy (non-hydrogen) atoms. The molecule has 1 fully saturated rings. The van der Waals surface area contributed by atoms with Crippen LogP contribution in [-0.4, -0.2) is 16.2 Å². The molecule has 1 aliphatic rings. The highest BCUT2D eigenvalue weighted by atomic mass is 15.1. The Kier molecular flexibility index (Phi) is 3.13. The summed E-state index contributed by atoms with van der Waals surface area (Å²) in [6.45, 7) is 2.35. The molecule has 1 aliphatic carbocycles. The first-order chi connectivity index (χ1) is 8.83. The fourth-order valence-electron chi connectivity index (χ4n) is 2.75. The van der Waals surface area contributed by atoms with Gasteiger partial charge in [-0.25, -0.2) is 0 Å². The molecule has 94 valence electrons. The zero-order valence-electron chi connectivity index (χ0n) is 10.8. The molecule has 1 saturated carbocycles. The summed E-state index contributed by atoms with van der Waals surface area (Å²) in [4.78, 5) is 0. The average molecular weight is 241 g/mol. The van der Waals surface area contributed by atoms with E-state index in [1.807, 2.05) is 18.3 Å². The molecule has 0 amide bonds. The van der Waals surface area contributed by atoms with Gasteiger partial charge in [0.15, 0.2) is 0 Å². The molecule has 3 rings (SSSR count). The van der Waals surface area contributed by atoms with Gasteiger partial charge in [-0.2, -0.15) is 10.2 Å². The second-order valence-corrected chi connectivity index (χ2v) is 5.38. The molecule has 0 aliphatic heterocycles. The number of hydrogen-bond acceptors (Lipinski definition) is 3. The number of nitrogens with one attached hydrogen (secondary N) is 1. The molecule has 1 aromatic heterocycles. The molecule has 0 saturated heterocycles. The van der Waals surface area contributed by atoms with Crippen LogP contribution in [-0.2, 0) is 0 Å². The number of nitrogens with zero attached hydrogens (tertiary/aromatic N) is 2. The van der Waals surface area contributed by atoms with Gasteiger partial charge in [0.05, 0.1) is 17.4 Å². The summed E-state index contributed by atoms with van der Waals surface area (Å²) in [5, 5.41) is 13.1. The van der Waals surface area contributed by atoms with Gasteiger partial charge < -0.3 is 5.32 Å². The minimum Gasteiger partial charge on any atom is -0.380 e. The van der Waals surface area contributed by atoms with E-state index in [0.717, 1.165) is 17.1 Å². The summed E-state index contributed by atoms with van der Waals surface area (Å²) in [6.07, 6.45) is 7.03. The van der Waals surface area contributed by atoms with Gasteiger partial charge >= 0.3 is 0 Å². The summed E-state index contributed by atoms with van der Waals surface area (Å²) < 4.78 is 0. The van der Waals surface area contributed by atoms with Gasteiger partial charge in [0.1, 0.15) is 0 Å². The van der Waals surface area contributed by atoms with Crippen molar-refractivity contribution < 1.29 is 0 Å². The van der Waals surface area contributed by atoms with Crippen LogP contribution in [0.3, 0.4) is 0 Å². The minimum absolute atomic E-state index is 0.591. The smallest absolute Gasteiger partial charge is 0.0950 e. The normalized spacial score (nSPS) is 24.1. The molecule has 0 atom stereocenters. The Hall–Kier alpha value is -1.64. The summed E-state index contributed by atoms with van der Waals surface area (Å²) in [7, 11) is 0. The Labute approximate surface area is 108 Å². The van der Waals surface area contributed by atoms with Crippen molar-refractivity contribution in [3.8, 4) is 0 Å². The zero-order valence-corrected chi connectivity index (χ0v) is 10.8. The lowest BCUT2D eigenvalue weighted by atomic mass is 9.87. The first kappa shape index (κ1) is 11.5. The molecule has 0 unspecified atom stereocenters. The van der Waals surface area contributed by atoms with Crippen LogP contribution < -0.4 is 5.32 Å². The monoisotopic (exact) mass is 241 g/mol. The van der Waals surface area contributed by atoms with Crippen molar-refractivity contribution >= 4 is 16.6 Å². The summed E-state index contributed by atoms with van der Waals surface area (Å²) in [5.74, 6) is 0.885. The molecule has 0 radical (unpaired) electrons. The van der Waals surface area contributed by atoms with Crippen LogP contribution in [0.2, 0.25) is 0 Å². The van der Waals surface area contributed by atoms with E-state index in [1.165, 1.54) is 31.1 Å². The quantitative estimate of drug-likeness (QED) is 0.872. The summed E-state index contributed by atoms with van der Waals surface area (Å²) >= 11 is 0. The number of aromatic nitrogens is 2. The third-order valence-electron chi connectivity index (χ3n) is 3.92. The zero-order chi connectivity index (χ0) is 12.4. The van der Waals surface area contributed by atoms with Crippen LogP contribution in [0.5, 0.6) is 0 Å². The van der Waals surface area contributed by atoms with Crippen molar-refractivity contribution in [1.82, 2.24) is 10.2 Å². The topological polar surface area (TPSA) is 37.8 Å². The van der Waals surface area contributed by atoms with E-state index in [-0.39, 0.29) is 0 Å². The van der Waals surface area contributed by atoms with Crippen LogP contribution in [0.15, 0.2) is 30.5 Å². The van der Waals surface area contributed by atoms with Gasteiger partial charge in [-0.3, -0.25) is 0 Å². The lowest BCUT2D eigenvalue weighted by Gasteiger charge is -2.27. The predicted octanol–water partition coefficient (Wildman–Crippen LogP) is 3.62. The molecule has 1 N–H and O–H groups in total. The second kappa shape index (κ2) is 4.92. The maximum absolute atomic E-state index is 4.16. The minimum atomic E-state index is 0.591. The van der Waals surface area contributed by atoms with E-state index in [0.29, 0.717) is 6.04 Å². The first-order valence-corrected chi connectivity index (χ1v) is 6.80. The highest BCUT2D eigenvalue weighted by molar-refractivity contribution is 5.90. The lowest BCUT2D eigenvalue weighted by Crippen LogP contribution is -2.25. The van der Waals surface area contributed by atoms with E-state index in [2.05, 4.69) is 34.6 Å². The summed E-state index contributed by atoms with van der Waals surface area (Å²) in [6, 6.07) is 8.77. The molecule has 2 aromatic rings. The molecule has 3 nitrogen and oxygen atoms in total. The molecule has 0 spiro atoms. The molecule has 1 heterocycles. The standard InChI is InChI=1S/C15H19N3/c1-11-6-8-12(9-7-11)17-15-10-16-18-14-5-3-2-4-13(14)15/h2-5,10-12H,6-9H2,1H3,(H,17,18). The number of rotatable bonds is 2.